The summed E-state index contributed by atoms with van der Waals surface area (Å²) in [6.45, 7) is 8.51. The Morgan fingerprint density at radius 1 is 1.08 bits per heavy atom. The Hall–Kier alpha value is -2.88. The maximum atomic E-state index is 12.3. The SMILES string of the molecule is Cc1c(/C=N\NC(=O)c2ccc(C(C)(C)C)cc2)c2ccccc2n1C. The lowest BCUT2D eigenvalue weighted by atomic mass is 9.87. The molecule has 0 aliphatic carbocycles. The van der Waals surface area contributed by atoms with E-state index in [1.54, 1.807) is 6.21 Å². The number of hydrogen-bond acceptors (Lipinski definition) is 2. The molecule has 0 atom stereocenters. The summed E-state index contributed by atoms with van der Waals surface area (Å²) in [4.78, 5) is 12.3. The first-order chi connectivity index (χ1) is 12.3. The second-order valence-corrected chi connectivity index (χ2v) is 7.60. The van der Waals surface area contributed by atoms with Gasteiger partial charge in [-0.25, -0.2) is 5.43 Å². The fourth-order valence-electron chi connectivity index (χ4n) is 3.05. The Morgan fingerprint density at radius 3 is 2.38 bits per heavy atom. The quantitative estimate of drug-likeness (QED) is 0.548. The molecular formula is C22H25N3O. The molecule has 2 aromatic carbocycles. The van der Waals surface area contributed by atoms with E-state index < -0.39 is 0 Å². The highest BCUT2D eigenvalue weighted by molar-refractivity contribution is 6.02. The molecule has 1 amide bonds. The molecule has 1 heterocycles. The van der Waals surface area contributed by atoms with Crippen LogP contribution in [0.3, 0.4) is 0 Å². The van der Waals surface area contributed by atoms with Crippen molar-refractivity contribution in [2.45, 2.75) is 33.1 Å². The Balaban J connectivity index is 1.77. The maximum Gasteiger partial charge on any atom is 0.271 e. The van der Waals surface area contributed by atoms with Gasteiger partial charge in [-0.15, -0.1) is 0 Å². The lowest BCUT2D eigenvalue weighted by Crippen LogP contribution is -2.18. The van der Waals surface area contributed by atoms with Crippen LogP contribution in [0.2, 0.25) is 0 Å². The average Bonchev–Trinajstić information content (AvgIpc) is 2.86. The zero-order valence-electron chi connectivity index (χ0n) is 16.0. The van der Waals surface area contributed by atoms with Gasteiger partial charge in [-0.2, -0.15) is 5.10 Å². The van der Waals surface area contributed by atoms with Gasteiger partial charge in [0.2, 0.25) is 0 Å². The van der Waals surface area contributed by atoms with E-state index in [1.807, 2.05) is 50.4 Å². The van der Waals surface area contributed by atoms with Crippen LogP contribution in [0.5, 0.6) is 0 Å². The van der Waals surface area contributed by atoms with E-state index in [9.17, 15) is 4.79 Å². The largest absolute Gasteiger partial charge is 0.347 e. The molecule has 0 aliphatic heterocycles. The van der Waals surface area contributed by atoms with Crippen LogP contribution >= 0.6 is 0 Å². The molecule has 0 radical (unpaired) electrons. The lowest BCUT2D eigenvalue weighted by molar-refractivity contribution is 0.0955. The molecule has 3 rings (SSSR count). The molecule has 0 spiro atoms. The number of aryl methyl sites for hydroxylation is 1. The molecule has 0 unspecified atom stereocenters. The van der Waals surface area contributed by atoms with Crippen LogP contribution in [0.4, 0.5) is 0 Å². The van der Waals surface area contributed by atoms with Gasteiger partial charge in [0, 0.05) is 34.8 Å². The van der Waals surface area contributed by atoms with Crippen LogP contribution in [0, 0.1) is 6.92 Å². The first-order valence-corrected chi connectivity index (χ1v) is 8.77. The normalized spacial score (nSPS) is 12.0. The minimum absolute atomic E-state index is 0.0685. The molecular weight excluding hydrogens is 322 g/mol. The summed E-state index contributed by atoms with van der Waals surface area (Å²) in [5.41, 5.74) is 7.77. The summed E-state index contributed by atoms with van der Waals surface area (Å²) >= 11 is 0. The third-order valence-corrected chi connectivity index (χ3v) is 4.82. The highest BCUT2D eigenvalue weighted by Gasteiger charge is 2.14. The number of benzene rings is 2. The van der Waals surface area contributed by atoms with Gasteiger partial charge in [0.1, 0.15) is 0 Å². The molecule has 1 N–H and O–H groups in total. The van der Waals surface area contributed by atoms with E-state index >= 15 is 0 Å². The molecule has 1 aromatic heterocycles. The van der Waals surface area contributed by atoms with Crippen LogP contribution in [0.25, 0.3) is 10.9 Å². The fourth-order valence-corrected chi connectivity index (χ4v) is 3.05. The van der Waals surface area contributed by atoms with Crippen LogP contribution < -0.4 is 5.43 Å². The number of amides is 1. The number of nitrogens with zero attached hydrogens (tertiary/aromatic N) is 2. The third kappa shape index (κ3) is 3.40. The van der Waals surface area contributed by atoms with Gasteiger partial charge in [-0.3, -0.25) is 4.79 Å². The Bertz CT molecular complexity index is 973. The molecule has 0 saturated carbocycles. The number of carbonyl (C=O) groups is 1. The number of para-hydroxylation sites is 1. The number of fused-ring (bicyclic) bond motifs is 1. The summed E-state index contributed by atoms with van der Waals surface area (Å²) in [5, 5.41) is 5.30. The third-order valence-electron chi connectivity index (χ3n) is 4.82. The molecule has 3 aromatic rings. The molecule has 0 fully saturated rings. The number of rotatable bonds is 3. The second kappa shape index (κ2) is 6.79. The first kappa shape index (κ1) is 17.9. The summed E-state index contributed by atoms with van der Waals surface area (Å²) in [5.74, 6) is -0.209. The van der Waals surface area contributed by atoms with Gasteiger partial charge in [0.25, 0.3) is 5.91 Å². The van der Waals surface area contributed by atoms with Crippen LogP contribution in [-0.4, -0.2) is 16.7 Å². The minimum atomic E-state index is -0.209. The van der Waals surface area contributed by atoms with E-state index in [-0.39, 0.29) is 11.3 Å². The predicted octanol–water partition coefficient (Wildman–Crippen LogP) is 4.55. The fraction of sp³-hybridized carbons (Fsp3) is 0.273. The van der Waals surface area contributed by atoms with E-state index in [4.69, 9.17) is 0 Å². The van der Waals surface area contributed by atoms with Gasteiger partial charge in [-0.05, 0) is 36.1 Å². The summed E-state index contributed by atoms with van der Waals surface area (Å²) < 4.78 is 2.13. The minimum Gasteiger partial charge on any atom is -0.347 e. The molecule has 0 saturated heterocycles. The van der Waals surface area contributed by atoms with Crippen molar-refractivity contribution in [1.82, 2.24) is 9.99 Å². The van der Waals surface area contributed by atoms with Crippen LogP contribution in [-0.2, 0) is 12.5 Å². The zero-order valence-corrected chi connectivity index (χ0v) is 16.0. The van der Waals surface area contributed by atoms with Crippen molar-refractivity contribution in [3.63, 3.8) is 0 Å². The molecule has 4 nitrogen and oxygen atoms in total. The van der Waals surface area contributed by atoms with Gasteiger partial charge in [-0.1, -0.05) is 51.1 Å². The number of nitrogens with one attached hydrogen (secondary N) is 1. The topological polar surface area (TPSA) is 46.4 Å². The number of aromatic nitrogens is 1. The molecule has 0 bridgehead atoms. The van der Waals surface area contributed by atoms with Gasteiger partial charge >= 0.3 is 0 Å². The van der Waals surface area contributed by atoms with Gasteiger partial charge < -0.3 is 4.57 Å². The molecule has 26 heavy (non-hydrogen) atoms. The molecule has 4 heteroatoms. The smallest absolute Gasteiger partial charge is 0.271 e. The number of carbonyl (C=O) groups excluding carboxylic acids is 1. The molecule has 0 aliphatic rings. The van der Waals surface area contributed by atoms with Crippen molar-refractivity contribution in [2.75, 3.05) is 0 Å². The van der Waals surface area contributed by atoms with Gasteiger partial charge in [0.05, 0.1) is 6.21 Å². The maximum absolute atomic E-state index is 12.3. The predicted molar refractivity (Wildman–Crippen MR) is 108 cm³/mol. The van der Waals surface area contributed by atoms with E-state index in [2.05, 4.69) is 48.0 Å². The highest BCUT2D eigenvalue weighted by Crippen LogP contribution is 2.23. The van der Waals surface area contributed by atoms with Crippen molar-refractivity contribution >= 4 is 23.0 Å². The second-order valence-electron chi connectivity index (χ2n) is 7.60. The monoisotopic (exact) mass is 347 g/mol. The van der Waals surface area contributed by atoms with E-state index in [0.29, 0.717) is 5.56 Å². The summed E-state index contributed by atoms with van der Waals surface area (Å²) in [7, 11) is 2.03. The van der Waals surface area contributed by atoms with Crippen molar-refractivity contribution in [2.24, 2.45) is 12.1 Å². The van der Waals surface area contributed by atoms with Crippen LogP contribution in [0.1, 0.15) is 48.0 Å². The summed E-state index contributed by atoms with van der Waals surface area (Å²) in [6, 6.07) is 15.8. The Morgan fingerprint density at radius 2 is 1.73 bits per heavy atom. The van der Waals surface area contributed by atoms with E-state index in [1.165, 1.54) is 5.56 Å². The van der Waals surface area contributed by atoms with E-state index in [0.717, 1.165) is 22.2 Å². The van der Waals surface area contributed by atoms with Crippen molar-refractivity contribution in [3.05, 3.63) is 70.9 Å². The van der Waals surface area contributed by atoms with Gasteiger partial charge in [0.15, 0.2) is 0 Å². The Labute approximate surface area is 154 Å². The first-order valence-electron chi connectivity index (χ1n) is 8.77. The van der Waals surface area contributed by atoms with Crippen LogP contribution in [0.15, 0.2) is 53.6 Å². The van der Waals surface area contributed by atoms with Crippen molar-refractivity contribution < 1.29 is 4.79 Å². The molecule has 134 valence electrons. The Kier molecular flexibility index (Phi) is 4.68. The standard InChI is InChI=1S/C22H25N3O/c1-15-19(18-8-6-7-9-20(18)25(15)5)14-23-24-21(26)16-10-12-17(13-11-16)22(2,3)4/h6-14H,1-5H3,(H,24,26)/b23-14-. The number of hydrogen-bond donors (Lipinski definition) is 1. The number of hydrazone groups is 1. The average molecular weight is 347 g/mol. The summed E-state index contributed by atoms with van der Waals surface area (Å²) in [6.07, 6.45) is 1.72. The zero-order chi connectivity index (χ0) is 18.9. The van der Waals surface area contributed by atoms with Crippen molar-refractivity contribution in [1.29, 1.82) is 0 Å². The van der Waals surface area contributed by atoms with Crippen molar-refractivity contribution in [3.8, 4) is 0 Å². The lowest BCUT2D eigenvalue weighted by Gasteiger charge is -2.18. The highest BCUT2D eigenvalue weighted by atomic mass is 16.2.